The summed E-state index contributed by atoms with van der Waals surface area (Å²) in [4.78, 5) is 4.47. The molecular weight excluding hydrogens is 450 g/mol. The number of anilines is 1. The quantitative estimate of drug-likeness (QED) is 0.364. The number of rotatable bonds is 9. The Morgan fingerprint density at radius 3 is 2.53 bits per heavy atom. The molecule has 0 bridgehead atoms. The van der Waals surface area contributed by atoms with Crippen LogP contribution in [-0.4, -0.2) is 31.8 Å². The van der Waals surface area contributed by atoms with E-state index in [9.17, 15) is 8.42 Å². The van der Waals surface area contributed by atoms with Crippen molar-refractivity contribution in [3.8, 4) is 34.3 Å². The predicted octanol–water partition coefficient (Wildman–Crippen LogP) is 5.06. The van der Waals surface area contributed by atoms with E-state index in [1.165, 1.54) is 0 Å². The first kappa shape index (κ1) is 21.8. The van der Waals surface area contributed by atoms with Crippen molar-refractivity contribution < 1.29 is 22.4 Å². The van der Waals surface area contributed by atoms with E-state index < -0.39 is 10.0 Å². The maximum Gasteiger partial charge on any atom is 0.271 e. The normalized spacial score (nSPS) is 11.3. The van der Waals surface area contributed by atoms with Crippen LogP contribution in [0.2, 0.25) is 0 Å². The van der Waals surface area contributed by atoms with Crippen molar-refractivity contribution in [3.63, 3.8) is 0 Å². The summed E-state index contributed by atoms with van der Waals surface area (Å²) in [6, 6.07) is 15.5. The molecule has 0 saturated heterocycles. The molecule has 0 spiro atoms. The third-order valence-corrected chi connectivity index (χ3v) is 7.13. The Labute approximate surface area is 189 Å². The van der Waals surface area contributed by atoms with Gasteiger partial charge in [-0.2, -0.15) is 4.98 Å². The van der Waals surface area contributed by atoms with Gasteiger partial charge in [-0.05, 0) is 55.6 Å². The average Bonchev–Trinajstić information content (AvgIpc) is 3.48. The summed E-state index contributed by atoms with van der Waals surface area (Å²) >= 11 is 1.15. The molecule has 2 aromatic heterocycles. The summed E-state index contributed by atoms with van der Waals surface area (Å²) in [6.07, 6.45) is 0. The number of aromatic nitrogens is 2. The van der Waals surface area contributed by atoms with Crippen molar-refractivity contribution in [1.29, 1.82) is 0 Å². The first-order valence-electron chi connectivity index (χ1n) is 9.90. The molecule has 0 aliphatic rings. The third-order valence-electron chi connectivity index (χ3n) is 4.35. The number of hydrogen-bond acceptors (Lipinski definition) is 8. The molecule has 4 aromatic rings. The van der Waals surface area contributed by atoms with E-state index in [0.29, 0.717) is 53.2 Å². The minimum absolute atomic E-state index is 0.241. The van der Waals surface area contributed by atoms with E-state index in [4.69, 9.17) is 14.0 Å². The minimum Gasteiger partial charge on any atom is -0.490 e. The van der Waals surface area contributed by atoms with E-state index in [-0.39, 0.29) is 4.21 Å². The number of thiophene rings is 1. The zero-order valence-corrected chi connectivity index (χ0v) is 19.1. The fraction of sp³-hybridized carbons (Fsp3) is 0.182. The molecule has 1 N–H and O–H groups in total. The summed E-state index contributed by atoms with van der Waals surface area (Å²) in [7, 11) is -3.65. The van der Waals surface area contributed by atoms with Gasteiger partial charge < -0.3 is 14.0 Å². The molecule has 10 heteroatoms. The highest BCUT2D eigenvalue weighted by atomic mass is 32.2. The van der Waals surface area contributed by atoms with Crippen LogP contribution in [0, 0.1) is 0 Å². The second-order valence-electron chi connectivity index (χ2n) is 6.57. The van der Waals surface area contributed by atoms with Gasteiger partial charge in [-0.3, -0.25) is 4.72 Å². The molecule has 0 amide bonds. The molecular formula is C22H21N3O5S2. The Morgan fingerprint density at radius 1 is 0.969 bits per heavy atom. The van der Waals surface area contributed by atoms with Crippen LogP contribution >= 0.6 is 11.3 Å². The van der Waals surface area contributed by atoms with Crippen LogP contribution in [0.15, 0.2) is 68.7 Å². The van der Waals surface area contributed by atoms with Gasteiger partial charge in [0.2, 0.25) is 5.82 Å². The van der Waals surface area contributed by atoms with Crippen LogP contribution in [0.25, 0.3) is 22.8 Å². The van der Waals surface area contributed by atoms with Crippen LogP contribution < -0.4 is 14.2 Å². The highest BCUT2D eigenvalue weighted by molar-refractivity contribution is 7.94. The number of nitrogens with zero attached hydrogens (tertiary/aromatic N) is 2. The number of hydrogen-bond donors (Lipinski definition) is 1. The second kappa shape index (κ2) is 9.41. The number of ether oxygens (including phenoxy) is 2. The Morgan fingerprint density at radius 2 is 1.78 bits per heavy atom. The Balaban J connectivity index is 1.59. The Bertz CT molecular complexity index is 1300. The predicted molar refractivity (Wildman–Crippen MR) is 123 cm³/mol. The SMILES string of the molecule is CCOc1ccc(-c2nc(-c3cccc(NS(=O)(=O)c4cccs4)c3)no2)cc1OCC. The van der Waals surface area contributed by atoms with Gasteiger partial charge in [0.15, 0.2) is 11.5 Å². The third kappa shape index (κ3) is 4.76. The van der Waals surface area contributed by atoms with Gasteiger partial charge >= 0.3 is 0 Å². The molecule has 0 aliphatic heterocycles. The second-order valence-corrected chi connectivity index (χ2v) is 9.43. The minimum atomic E-state index is -3.65. The lowest BCUT2D eigenvalue weighted by molar-refractivity contribution is 0.288. The summed E-state index contributed by atoms with van der Waals surface area (Å²) in [6.45, 7) is 4.82. The Kier molecular flexibility index (Phi) is 6.42. The maximum absolute atomic E-state index is 12.5. The fourth-order valence-electron chi connectivity index (χ4n) is 2.99. The molecule has 0 radical (unpaired) electrons. The molecule has 8 nitrogen and oxygen atoms in total. The summed E-state index contributed by atoms with van der Waals surface area (Å²) < 4.78 is 44.5. The lowest BCUT2D eigenvalue weighted by Crippen LogP contribution is -2.11. The van der Waals surface area contributed by atoms with Gasteiger partial charge in [0.25, 0.3) is 15.9 Å². The maximum atomic E-state index is 12.5. The summed E-state index contributed by atoms with van der Waals surface area (Å²) in [5, 5.41) is 5.76. The van der Waals surface area contributed by atoms with Crippen LogP contribution in [0.3, 0.4) is 0 Å². The van der Waals surface area contributed by atoms with Gasteiger partial charge in [0.1, 0.15) is 4.21 Å². The van der Waals surface area contributed by atoms with Crippen molar-refractivity contribution in [2.75, 3.05) is 17.9 Å². The molecule has 0 atom stereocenters. The number of benzene rings is 2. The van der Waals surface area contributed by atoms with E-state index in [0.717, 1.165) is 11.3 Å². The average molecular weight is 472 g/mol. The summed E-state index contributed by atoms with van der Waals surface area (Å²) in [5.41, 5.74) is 1.70. The van der Waals surface area contributed by atoms with Gasteiger partial charge in [-0.25, -0.2) is 8.42 Å². The fourth-order valence-corrected chi connectivity index (χ4v) is 5.03. The molecule has 2 aromatic carbocycles. The van der Waals surface area contributed by atoms with Crippen LogP contribution in [-0.2, 0) is 10.0 Å². The van der Waals surface area contributed by atoms with Crippen molar-refractivity contribution in [2.45, 2.75) is 18.1 Å². The molecule has 0 fully saturated rings. The largest absolute Gasteiger partial charge is 0.490 e. The van der Waals surface area contributed by atoms with Crippen molar-refractivity contribution >= 4 is 27.0 Å². The van der Waals surface area contributed by atoms with Gasteiger partial charge in [-0.1, -0.05) is 23.4 Å². The van der Waals surface area contributed by atoms with Gasteiger partial charge in [0.05, 0.1) is 13.2 Å². The standard InChI is InChI=1S/C22H21N3O5S2/c1-3-28-18-11-10-16(14-19(18)29-4-2)22-23-21(24-30-22)15-7-5-8-17(13-15)25-32(26,27)20-9-6-12-31-20/h5-14,25H,3-4H2,1-2H3. The van der Waals surface area contributed by atoms with E-state index in [2.05, 4.69) is 14.9 Å². The smallest absolute Gasteiger partial charge is 0.271 e. The zero-order valence-electron chi connectivity index (χ0n) is 17.4. The molecule has 0 unspecified atom stereocenters. The lowest BCUT2D eigenvalue weighted by atomic mass is 10.2. The van der Waals surface area contributed by atoms with Crippen LogP contribution in [0.1, 0.15) is 13.8 Å². The topological polar surface area (TPSA) is 104 Å². The van der Waals surface area contributed by atoms with Gasteiger partial charge in [0, 0.05) is 16.8 Å². The van der Waals surface area contributed by atoms with E-state index in [1.54, 1.807) is 53.9 Å². The first-order chi connectivity index (χ1) is 15.5. The van der Waals surface area contributed by atoms with Crippen LogP contribution in [0.5, 0.6) is 11.5 Å². The molecule has 32 heavy (non-hydrogen) atoms. The highest BCUT2D eigenvalue weighted by Crippen LogP contribution is 2.33. The molecule has 2 heterocycles. The summed E-state index contributed by atoms with van der Waals surface area (Å²) in [5.74, 6) is 1.89. The first-order valence-corrected chi connectivity index (χ1v) is 12.3. The number of sulfonamides is 1. The molecule has 0 saturated carbocycles. The van der Waals surface area contributed by atoms with Crippen molar-refractivity contribution in [1.82, 2.24) is 10.1 Å². The highest BCUT2D eigenvalue weighted by Gasteiger charge is 2.17. The molecule has 4 rings (SSSR count). The molecule has 166 valence electrons. The van der Waals surface area contributed by atoms with E-state index >= 15 is 0 Å². The molecule has 0 aliphatic carbocycles. The van der Waals surface area contributed by atoms with Crippen molar-refractivity contribution in [3.05, 3.63) is 60.0 Å². The monoisotopic (exact) mass is 471 g/mol. The zero-order chi connectivity index (χ0) is 22.6. The number of nitrogens with one attached hydrogen (secondary N) is 1. The Hall–Kier alpha value is -3.37. The van der Waals surface area contributed by atoms with Crippen LogP contribution in [0.4, 0.5) is 5.69 Å². The van der Waals surface area contributed by atoms with E-state index in [1.807, 2.05) is 19.9 Å². The van der Waals surface area contributed by atoms with Crippen molar-refractivity contribution in [2.24, 2.45) is 0 Å². The lowest BCUT2D eigenvalue weighted by Gasteiger charge is -2.11. The van der Waals surface area contributed by atoms with Gasteiger partial charge in [-0.15, -0.1) is 11.3 Å².